The van der Waals surface area contributed by atoms with E-state index in [1.54, 1.807) is 18.6 Å². The van der Waals surface area contributed by atoms with Crippen LogP contribution in [0.15, 0.2) is 47.7 Å². The molecule has 0 amide bonds. The number of hydrogen-bond acceptors (Lipinski definition) is 4. The van der Waals surface area contributed by atoms with Crippen LogP contribution in [-0.4, -0.2) is 25.7 Å². The van der Waals surface area contributed by atoms with Crippen molar-refractivity contribution in [3.05, 3.63) is 58.4 Å². The maximum Gasteiger partial charge on any atom is 0.350 e. The van der Waals surface area contributed by atoms with Crippen LogP contribution in [0.25, 0.3) is 5.65 Å². The number of halogens is 1. The van der Waals surface area contributed by atoms with E-state index in [1.807, 2.05) is 24.3 Å². The zero-order valence-electron chi connectivity index (χ0n) is 10.5. The number of fused-ring (bicyclic) bond motifs is 1. The number of hydrogen-bond donors (Lipinski definition) is 1. The van der Waals surface area contributed by atoms with Crippen molar-refractivity contribution >= 4 is 22.9 Å². The van der Waals surface area contributed by atoms with Gasteiger partial charge in [0.2, 0.25) is 0 Å². The Hall–Kier alpha value is -2.34. The number of para-hydroxylation sites is 1. The smallest absolute Gasteiger partial charge is 0.350 e. The lowest BCUT2D eigenvalue weighted by molar-refractivity contribution is 0.614. The van der Waals surface area contributed by atoms with E-state index in [2.05, 4.69) is 15.4 Å². The van der Waals surface area contributed by atoms with Crippen LogP contribution < -0.4 is 11.0 Å². The van der Waals surface area contributed by atoms with Gasteiger partial charge in [0.1, 0.15) is 0 Å². The normalized spacial score (nSPS) is 10.8. The fourth-order valence-corrected chi connectivity index (χ4v) is 2.13. The highest BCUT2D eigenvalue weighted by Crippen LogP contribution is 2.19. The van der Waals surface area contributed by atoms with E-state index in [4.69, 9.17) is 11.6 Å². The van der Waals surface area contributed by atoms with E-state index < -0.39 is 0 Å². The summed E-state index contributed by atoms with van der Waals surface area (Å²) < 4.78 is 2.86. The minimum Gasteiger partial charge on any atom is -0.382 e. The van der Waals surface area contributed by atoms with Gasteiger partial charge in [0.15, 0.2) is 5.65 Å². The van der Waals surface area contributed by atoms with E-state index >= 15 is 0 Å². The Kier molecular flexibility index (Phi) is 3.39. The minimum atomic E-state index is -0.177. The lowest BCUT2D eigenvalue weighted by Crippen LogP contribution is -2.24. The summed E-state index contributed by atoms with van der Waals surface area (Å²) >= 11 is 6.04. The fraction of sp³-hybridized carbons (Fsp3) is 0.154. The zero-order chi connectivity index (χ0) is 13.9. The van der Waals surface area contributed by atoms with Gasteiger partial charge in [-0.3, -0.25) is 4.98 Å². The van der Waals surface area contributed by atoms with Crippen molar-refractivity contribution in [3.8, 4) is 0 Å². The van der Waals surface area contributed by atoms with Crippen molar-refractivity contribution in [2.45, 2.75) is 6.54 Å². The monoisotopic (exact) mass is 289 g/mol. The maximum absolute atomic E-state index is 12.0. The van der Waals surface area contributed by atoms with Gasteiger partial charge in [-0.1, -0.05) is 23.7 Å². The number of anilines is 1. The third-order valence-corrected chi connectivity index (χ3v) is 3.23. The summed E-state index contributed by atoms with van der Waals surface area (Å²) in [6.07, 6.45) is 4.71. The van der Waals surface area contributed by atoms with Crippen LogP contribution >= 0.6 is 11.6 Å². The van der Waals surface area contributed by atoms with E-state index in [-0.39, 0.29) is 5.69 Å². The molecule has 0 aliphatic carbocycles. The van der Waals surface area contributed by atoms with Crippen molar-refractivity contribution in [2.24, 2.45) is 0 Å². The molecule has 1 aromatic carbocycles. The largest absolute Gasteiger partial charge is 0.382 e. The quantitative estimate of drug-likeness (QED) is 0.793. The van der Waals surface area contributed by atoms with Crippen LogP contribution in [0.1, 0.15) is 0 Å². The predicted octanol–water partition coefficient (Wildman–Crippen LogP) is 1.66. The summed E-state index contributed by atoms with van der Waals surface area (Å²) in [5.74, 6) is 0. The van der Waals surface area contributed by atoms with Crippen molar-refractivity contribution in [3.63, 3.8) is 0 Å². The molecule has 3 aromatic rings. The molecular formula is C13H12ClN5O. The first-order valence-corrected chi connectivity index (χ1v) is 6.51. The van der Waals surface area contributed by atoms with E-state index in [9.17, 15) is 4.79 Å². The first kappa shape index (κ1) is 12.7. The Labute approximate surface area is 119 Å². The number of benzene rings is 1. The molecule has 0 spiro atoms. The van der Waals surface area contributed by atoms with Gasteiger partial charge in [0, 0.05) is 18.9 Å². The highest BCUT2D eigenvalue weighted by atomic mass is 35.5. The van der Waals surface area contributed by atoms with Gasteiger partial charge in [-0.2, -0.15) is 0 Å². The summed E-state index contributed by atoms with van der Waals surface area (Å²) in [5, 5.41) is 8.03. The minimum absolute atomic E-state index is 0.177. The zero-order valence-corrected chi connectivity index (χ0v) is 11.3. The van der Waals surface area contributed by atoms with Crippen LogP contribution in [0, 0.1) is 0 Å². The Morgan fingerprint density at radius 3 is 2.95 bits per heavy atom. The molecule has 0 aliphatic heterocycles. The summed E-state index contributed by atoms with van der Waals surface area (Å²) in [4.78, 5) is 16.0. The first-order valence-electron chi connectivity index (χ1n) is 6.13. The number of nitrogens with zero attached hydrogens (tertiary/aromatic N) is 4. The Balaban J connectivity index is 1.73. The van der Waals surface area contributed by atoms with Gasteiger partial charge in [-0.25, -0.2) is 13.9 Å². The van der Waals surface area contributed by atoms with Crippen molar-refractivity contribution < 1.29 is 0 Å². The molecule has 7 heteroatoms. The lowest BCUT2D eigenvalue weighted by atomic mass is 10.3. The lowest BCUT2D eigenvalue weighted by Gasteiger charge is -2.07. The highest BCUT2D eigenvalue weighted by molar-refractivity contribution is 6.33. The van der Waals surface area contributed by atoms with Gasteiger partial charge in [-0.15, -0.1) is 5.10 Å². The molecule has 20 heavy (non-hydrogen) atoms. The average Bonchev–Trinajstić information content (AvgIpc) is 2.78. The van der Waals surface area contributed by atoms with Crippen LogP contribution in [0.4, 0.5) is 5.69 Å². The number of rotatable bonds is 4. The average molecular weight is 290 g/mol. The first-order chi connectivity index (χ1) is 9.75. The fourth-order valence-electron chi connectivity index (χ4n) is 1.93. The molecule has 0 unspecified atom stereocenters. The predicted molar refractivity (Wildman–Crippen MR) is 77.2 cm³/mol. The molecule has 0 radical (unpaired) electrons. The molecule has 2 heterocycles. The number of nitrogens with one attached hydrogen (secondary N) is 1. The Morgan fingerprint density at radius 1 is 1.30 bits per heavy atom. The molecule has 2 aromatic heterocycles. The summed E-state index contributed by atoms with van der Waals surface area (Å²) in [6.45, 7) is 1.01. The summed E-state index contributed by atoms with van der Waals surface area (Å²) in [6, 6.07) is 7.47. The molecule has 1 N–H and O–H groups in total. The van der Waals surface area contributed by atoms with E-state index in [0.29, 0.717) is 23.8 Å². The summed E-state index contributed by atoms with van der Waals surface area (Å²) in [7, 11) is 0. The van der Waals surface area contributed by atoms with Crippen molar-refractivity contribution in [1.29, 1.82) is 0 Å². The van der Waals surface area contributed by atoms with E-state index in [0.717, 1.165) is 5.69 Å². The topological polar surface area (TPSA) is 64.2 Å². The molecule has 102 valence electrons. The molecular weight excluding hydrogens is 278 g/mol. The molecule has 0 saturated carbocycles. The second-order valence-corrected chi connectivity index (χ2v) is 4.62. The molecule has 3 rings (SSSR count). The molecule has 0 atom stereocenters. The van der Waals surface area contributed by atoms with Crippen LogP contribution in [0.3, 0.4) is 0 Å². The Bertz CT molecular complexity index is 795. The van der Waals surface area contributed by atoms with Gasteiger partial charge >= 0.3 is 5.69 Å². The number of aromatic nitrogens is 4. The maximum atomic E-state index is 12.0. The van der Waals surface area contributed by atoms with Crippen LogP contribution in [0.2, 0.25) is 5.02 Å². The van der Waals surface area contributed by atoms with Crippen molar-refractivity contribution in [2.75, 3.05) is 11.9 Å². The molecule has 6 nitrogen and oxygen atoms in total. The van der Waals surface area contributed by atoms with Crippen LogP contribution in [-0.2, 0) is 6.54 Å². The third-order valence-electron chi connectivity index (χ3n) is 2.90. The standard InChI is InChI=1S/C13H12ClN5O/c14-10-3-1-2-4-11(10)16-6-8-19-13(20)18-7-5-15-9-12(18)17-19/h1-5,7,9,16H,6,8H2. The van der Waals surface area contributed by atoms with Crippen molar-refractivity contribution in [1.82, 2.24) is 19.2 Å². The SMILES string of the molecule is O=c1n(CCNc2ccccc2Cl)nc2cnccn12. The second-order valence-electron chi connectivity index (χ2n) is 4.22. The summed E-state index contributed by atoms with van der Waals surface area (Å²) in [5.41, 5.74) is 1.20. The van der Waals surface area contributed by atoms with Gasteiger partial charge in [0.05, 0.1) is 23.5 Å². The molecule has 0 bridgehead atoms. The van der Waals surface area contributed by atoms with Gasteiger partial charge in [-0.05, 0) is 12.1 Å². The third kappa shape index (κ3) is 2.37. The highest BCUT2D eigenvalue weighted by Gasteiger charge is 2.05. The Morgan fingerprint density at radius 2 is 2.15 bits per heavy atom. The van der Waals surface area contributed by atoms with Gasteiger partial charge in [0.25, 0.3) is 0 Å². The second kappa shape index (κ2) is 5.34. The molecule has 0 aliphatic rings. The van der Waals surface area contributed by atoms with E-state index in [1.165, 1.54) is 9.08 Å². The van der Waals surface area contributed by atoms with Gasteiger partial charge < -0.3 is 5.32 Å². The molecule has 0 fully saturated rings. The van der Waals surface area contributed by atoms with Crippen LogP contribution in [0.5, 0.6) is 0 Å². The molecule has 0 saturated heterocycles.